The van der Waals surface area contributed by atoms with Crippen LogP contribution in [0.3, 0.4) is 0 Å². The molecule has 0 amide bonds. The molecule has 11 heteroatoms. The van der Waals surface area contributed by atoms with E-state index in [-0.39, 0.29) is 11.9 Å². The fraction of sp³-hybridized carbons (Fsp3) is 0.300. The molecule has 1 aromatic heterocycles. The number of furan rings is 1. The maximum atomic E-state index is 13.4. The zero-order chi connectivity index (χ0) is 30.5. The minimum Gasteiger partial charge on any atom is -0.545 e. The fourth-order valence-corrected chi connectivity index (χ4v) is 3.56. The first-order chi connectivity index (χ1) is 19.5. The number of hydrogen-bond donors (Lipinski definition) is 2. The van der Waals surface area contributed by atoms with Gasteiger partial charge in [-0.2, -0.15) is 0 Å². The average molecular weight is 570 g/mol. The molecule has 0 atom stereocenters. The number of carbonyl (C=O) groups excluding carboxylic acids is 2. The van der Waals surface area contributed by atoms with E-state index in [1.54, 1.807) is 12.1 Å². The number of likely N-dealkylation sites (N-methyl/N-ethyl adjacent to an activating group) is 1. The summed E-state index contributed by atoms with van der Waals surface area (Å²) >= 11 is 0. The Hall–Kier alpha value is -4.77. The molecule has 0 aliphatic carbocycles. The van der Waals surface area contributed by atoms with Gasteiger partial charge in [-0.3, -0.25) is 4.79 Å². The van der Waals surface area contributed by atoms with Crippen LogP contribution in [0.25, 0.3) is 17.0 Å². The maximum Gasteiger partial charge on any atom is 0.328 e. The van der Waals surface area contributed by atoms with Crippen LogP contribution in [-0.4, -0.2) is 70.4 Å². The van der Waals surface area contributed by atoms with E-state index in [0.29, 0.717) is 52.5 Å². The van der Waals surface area contributed by atoms with Crippen molar-refractivity contribution in [3.05, 3.63) is 65.9 Å². The summed E-state index contributed by atoms with van der Waals surface area (Å²) in [4.78, 5) is 33.6. The van der Waals surface area contributed by atoms with Crippen LogP contribution in [0.4, 0.5) is 0 Å². The molecule has 0 aliphatic heterocycles. The molecule has 2 aromatic carbocycles. The second-order valence-electron chi connectivity index (χ2n) is 9.16. The Morgan fingerprint density at radius 3 is 2.15 bits per heavy atom. The van der Waals surface area contributed by atoms with Gasteiger partial charge in [0.05, 0.1) is 52.0 Å². The molecule has 0 radical (unpaired) electrons. The standard InChI is InChI=1S/C26H31NO6.C4H4O4/c1-17(2)33-19-10-7-18(8-11-19)9-12-21(28)22-23(29-5)20-13-15-31-24(20)26(30-6)25(22)32-16-14-27(3)4;5-3(6)1-2-4(7)8/h7-13,15,17H,14,16H2,1-6H3;1-2H,(H,5,6)(H,7,8)/b12-9+;2-1-. The topological polar surface area (TPSA) is 149 Å². The number of carboxylic acid groups (broad SMARTS) is 2. The van der Waals surface area contributed by atoms with Gasteiger partial charge < -0.3 is 43.3 Å². The van der Waals surface area contributed by atoms with Crippen LogP contribution in [0.5, 0.6) is 23.0 Å². The molecule has 41 heavy (non-hydrogen) atoms. The van der Waals surface area contributed by atoms with Crippen molar-refractivity contribution in [2.45, 2.75) is 20.0 Å². The van der Waals surface area contributed by atoms with E-state index in [4.69, 9.17) is 28.5 Å². The predicted molar refractivity (Wildman–Crippen MR) is 150 cm³/mol. The smallest absolute Gasteiger partial charge is 0.328 e. The van der Waals surface area contributed by atoms with Crippen molar-refractivity contribution in [2.24, 2.45) is 0 Å². The van der Waals surface area contributed by atoms with Crippen molar-refractivity contribution < 1.29 is 52.9 Å². The third-order valence-electron chi connectivity index (χ3n) is 5.32. The monoisotopic (exact) mass is 569 g/mol. The average Bonchev–Trinajstić information content (AvgIpc) is 3.40. The number of methoxy groups -OCH3 is 2. The molecule has 2 N–H and O–H groups in total. The molecular weight excluding hydrogens is 534 g/mol. The number of aliphatic carboxylic acids is 2. The fourth-order valence-electron chi connectivity index (χ4n) is 3.56. The summed E-state index contributed by atoms with van der Waals surface area (Å²) in [7, 11) is 7.11. The van der Waals surface area contributed by atoms with Crippen LogP contribution in [-0.2, 0) is 9.59 Å². The number of fused-ring (bicyclic) bond motifs is 1. The third-order valence-corrected chi connectivity index (χ3v) is 5.32. The lowest BCUT2D eigenvalue weighted by Crippen LogP contribution is -3.06. The number of rotatable bonds is 13. The summed E-state index contributed by atoms with van der Waals surface area (Å²) in [5, 5.41) is 17.9. The van der Waals surface area contributed by atoms with Crippen molar-refractivity contribution in [1.29, 1.82) is 0 Å². The summed E-state index contributed by atoms with van der Waals surface area (Å²) in [6.07, 6.45) is 5.83. The molecule has 0 aliphatic rings. The van der Waals surface area contributed by atoms with Crippen LogP contribution >= 0.6 is 0 Å². The van der Waals surface area contributed by atoms with Gasteiger partial charge in [0.1, 0.15) is 30.2 Å². The Kier molecular flexibility index (Phi) is 12.4. The highest BCUT2D eigenvalue weighted by atomic mass is 16.5. The number of carboxylic acids is 2. The van der Waals surface area contributed by atoms with Crippen molar-refractivity contribution >= 4 is 34.8 Å². The summed E-state index contributed by atoms with van der Waals surface area (Å²) in [5.74, 6) is -1.21. The van der Waals surface area contributed by atoms with Crippen molar-refractivity contribution in [3.63, 3.8) is 0 Å². The predicted octanol–water partition coefficient (Wildman–Crippen LogP) is 2.03. The van der Waals surface area contributed by atoms with Gasteiger partial charge in [0.25, 0.3) is 0 Å². The minimum absolute atomic E-state index is 0.0979. The highest BCUT2D eigenvalue weighted by molar-refractivity contribution is 6.15. The summed E-state index contributed by atoms with van der Waals surface area (Å²) in [6, 6.07) is 9.30. The molecule has 0 fully saturated rings. The van der Waals surface area contributed by atoms with Crippen LogP contribution in [0, 0.1) is 0 Å². The number of quaternary nitrogens is 1. The van der Waals surface area contributed by atoms with E-state index in [2.05, 4.69) is 0 Å². The summed E-state index contributed by atoms with van der Waals surface area (Å²) in [5.41, 5.74) is 1.64. The molecule has 0 saturated heterocycles. The number of nitrogens with one attached hydrogen (secondary N) is 1. The van der Waals surface area contributed by atoms with E-state index in [9.17, 15) is 19.5 Å². The highest BCUT2D eigenvalue weighted by Crippen LogP contribution is 2.46. The minimum atomic E-state index is -1.51. The molecule has 3 aromatic rings. The lowest BCUT2D eigenvalue weighted by atomic mass is 10.0. The molecule has 0 saturated carbocycles. The lowest BCUT2D eigenvalue weighted by Gasteiger charge is -2.18. The SMILES string of the molecule is COc1c(C(=O)/C=C/c2ccc(OC(C)C)cc2)c(OCC[NH+](C)C)c(OC)c2occc12.O=C([O-])/C=C\C(=O)O. The molecule has 0 bridgehead atoms. The van der Waals surface area contributed by atoms with Gasteiger partial charge in [-0.05, 0) is 49.8 Å². The zero-order valence-corrected chi connectivity index (χ0v) is 23.9. The third kappa shape index (κ3) is 9.73. The first kappa shape index (κ1) is 32.4. The lowest BCUT2D eigenvalue weighted by molar-refractivity contribution is -0.858. The second kappa shape index (κ2) is 15.7. The molecule has 11 nitrogen and oxygen atoms in total. The van der Waals surface area contributed by atoms with E-state index in [0.717, 1.165) is 17.9 Å². The molecule has 0 spiro atoms. The van der Waals surface area contributed by atoms with Crippen LogP contribution in [0.2, 0.25) is 0 Å². The van der Waals surface area contributed by atoms with E-state index >= 15 is 0 Å². The van der Waals surface area contributed by atoms with Gasteiger partial charge in [-0.25, -0.2) is 4.79 Å². The van der Waals surface area contributed by atoms with Gasteiger partial charge >= 0.3 is 5.97 Å². The maximum absolute atomic E-state index is 13.4. The van der Waals surface area contributed by atoms with Crippen molar-refractivity contribution in [1.82, 2.24) is 0 Å². The highest BCUT2D eigenvalue weighted by Gasteiger charge is 2.28. The van der Waals surface area contributed by atoms with E-state index in [1.165, 1.54) is 31.5 Å². The van der Waals surface area contributed by atoms with Gasteiger partial charge in [0.15, 0.2) is 17.1 Å². The Morgan fingerprint density at radius 1 is 0.976 bits per heavy atom. The van der Waals surface area contributed by atoms with Crippen LogP contribution in [0.15, 0.2) is 59.2 Å². The Labute approximate surface area is 238 Å². The molecule has 1 heterocycles. The number of hydrogen-bond acceptors (Lipinski definition) is 9. The van der Waals surface area contributed by atoms with E-state index < -0.39 is 11.9 Å². The normalized spacial score (nSPS) is 11.1. The molecular formula is C30H35NO10. The first-order valence-corrected chi connectivity index (χ1v) is 12.7. The number of ketones is 1. The van der Waals surface area contributed by atoms with Gasteiger partial charge in [-0.1, -0.05) is 18.2 Å². The van der Waals surface area contributed by atoms with Crippen molar-refractivity contribution in [2.75, 3.05) is 41.5 Å². The van der Waals surface area contributed by atoms with Crippen LogP contribution in [0.1, 0.15) is 29.8 Å². The van der Waals surface area contributed by atoms with Gasteiger partial charge in [-0.15, -0.1) is 0 Å². The second-order valence-corrected chi connectivity index (χ2v) is 9.16. The Morgan fingerprint density at radius 2 is 1.63 bits per heavy atom. The van der Waals surface area contributed by atoms with E-state index in [1.807, 2.05) is 52.2 Å². The Balaban J connectivity index is 0.000000642. The number of carbonyl (C=O) groups is 3. The zero-order valence-electron chi connectivity index (χ0n) is 23.9. The Bertz CT molecular complexity index is 1370. The van der Waals surface area contributed by atoms with Gasteiger partial charge in [0, 0.05) is 6.08 Å². The number of benzene rings is 2. The quantitative estimate of drug-likeness (QED) is 0.231. The summed E-state index contributed by atoms with van der Waals surface area (Å²) < 4.78 is 28.6. The first-order valence-electron chi connectivity index (χ1n) is 12.7. The van der Waals surface area contributed by atoms with Crippen molar-refractivity contribution in [3.8, 4) is 23.0 Å². The molecule has 220 valence electrons. The van der Waals surface area contributed by atoms with Crippen LogP contribution < -0.4 is 29.0 Å². The number of allylic oxidation sites excluding steroid dienone is 1. The number of ether oxygens (including phenoxy) is 4. The van der Waals surface area contributed by atoms with Gasteiger partial charge in [0.2, 0.25) is 5.75 Å². The molecule has 0 unspecified atom stereocenters. The molecule has 3 rings (SSSR count). The largest absolute Gasteiger partial charge is 0.545 e. The summed E-state index contributed by atoms with van der Waals surface area (Å²) in [6.45, 7) is 5.10.